The normalized spacial score (nSPS) is 16.7. The van der Waals surface area contributed by atoms with Crippen LogP contribution in [0.4, 0.5) is 10.3 Å². The van der Waals surface area contributed by atoms with Gasteiger partial charge >= 0.3 is 0 Å². The first-order valence-electron chi connectivity index (χ1n) is 6.70. The van der Waals surface area contributed by atoms with Crippen molar-refractivity contribution in [3.8, 4) is 0 Å². The third-order valence-electron chi connectivity index (χ3n) is 3.36. The van der Waals surface area contributed by atoms with Gasteiger partial charge in [-0.25, -0.2) is 9.97 Å². The summed E-state index contributed by atoms with van der Waals surface area (Å²) in [5, 5.41) is 6.55. The minimum absolute atomic E-state index is 1.02. The SMILES string of the molecule is CCc1csc(N2CCCN(c3nccs3)CC2)n1. The van der Waals surface area contributed by atoms with Crippen LogP contribution in [0.3, 0.4) is 0 Å². The first kappa shape index (κ1) is 12.9. The van der Waals surface area contributed by atoms with Crippen LogP contribution in [-0.2, 0) is 6.42 Å². The minimum atomic E-state index is 1.02. The van der Waals surface area contributed by atoms with Gasteiger partial charge in [0, 0.05) is 43.1 Å². The van der Waals surface area contributed by atoms with Crippen LogP contribution in [-0.4, -0.2) is 36.1 Å². The summed E-state index contributed by atoms with van der Waals surface area (Å²) in [6.07, 6.45) is 4.08. The molecule has 6 heteroatoms. The fourth-order valence-electron chi connectivity index (χ4n) is 2.28. The molecule has 2 aromatic rings. The number of hydrogen-bond donors (Lipinski definition) is 0. The lowest BCUT2D eigenvalue weighted by Gasteiger charge is -2.20. The zero-order valence-corrected chi connectivity index (χ0v) is 12.7. The van der Waals surface area contributed by atoms with E-state index in [4.69, 9.17) is 4.98 Å². The largest absolute Gasteiger partial charge is 0.346 e. The van der Waals surface area contributed by atoms with Crippen LogP contribution in [0.2, 0.25) is 0 Å². The molecule has 2 aromatic heterocycles. The van der Waals surface area contributed by atoms with Crippen LogP contribution in [0, 0.1) is 0 Å². The maximum atomic E-state index is 4.69. The summed E-state index contributed by atoms with van der Waals surface area (Å²) in [5.41, 5.74) is 1.21. The number of anilines is 2. The van der Waals surface area contributed by atoms with Gasteiger partial charge in [-0.2, -0.15) is 0 Å². The fraction of sp³-hybridized carbons (Fsp3) is 0.538. The zero-order valence-electron chi connectivity index (χ0n) is 11.1. The highest BCUT2D eigenvalue weighted by Crippen LogP contribution is 2.24. The zero-order chi connectivity index (χ0) is 13.1. The highest BCUT2D eigenvalue weighted by atomic mass is 32.1. The number of thiazole rings is 2. The molecule has 19 heavy (non-hydrogen) atoms. The molecule has 1 aliphatic rings. The molecule has 0 unspecified atom stereocenters. The lowest BCUT2D eigenvalue weighted by atomic mass is 10.4. The van der Waals surface area contributed by atoms with Crippen LogP contribution in [0.15, 0.2) is 17.0 Å². The molecule has 0 N–H and O–H groups in total. The van der Waals surface area contributed by atoms with E-state index in [-0.39, 0.29) is 0 Å². The molecular weight excluding hydrogens is 276 g/mol. The van der Waals surface area contributed by atoms with Crippen molar-refractivity contribution in [2.75, 3.05) is 36.0 Å². The number of aromatic nitrogens is 2. The van der Waals surface area contributed by atoms with Crippen LogP contribution in [0.25, 0.3) is 0 Å². The van der Waals surface area contributed by atoms with E-state index >= 15 is 0 Å². The first-order valence-corrected chi connectivity index (χ1v) is 8.46. The van der Waals surface area contributed by atoms with E-state index in [1.165, 1.54) is 17.2 Å². The van der Waals surface area contributed by atoms with Crippen LogP contribution >= 0.6 is 22.7 Å². The number of nitrogens with zero attached hydrogens (tertiary/aromatic N) is 4. The molecule has 0 bridgehead atoms. The van der Waals surface area contributed by atoms with Gasteiger partial charge in [0.25, 0.3) is 0 Å². The number of aryl methyl sites for hydroxylation is 1. The molecule has 3 rings (SSSR count). The van der Waals surface area contributed by atoms with Gasteiger partial charge in [0.15, 0.2) is 10.3 Å². The molecule has 0 aromatic carbocycles. The average Bonchev–Trinajstić information content (AvgIpc) is 3.07. The van der Waals surface area contributed by atoms with Gasteiger partial charge in [-0.15, -0.1) is 22.7 Å². The Hall–Kier alpha value is -1.14. The Labute approximate surface area is 121 Å². The second kappa shape index (κ2) is 5.88. The molecule has 0 aliphatic carbocycles. The Morgan fingerprint density at radius 2 is 1.89 bits per heavy atom. The molecule has 4 nitrogen and oxygen atoms in total. The van der Waals surface area contributed by atoms with Crippen LogP contribution < -0.4 is 9.80 Å². The molecule has 1 fully saturated rings. The third-order valence-corrected chi connectivity index (χ3v) is 5.14. The predicted molar refractivity (Wildman–Crippen MR) is 82.6 cm³/mol. The standard InChI is InChI=1S/C13H18N4S2/c1-2-11-10-19-13(15-11)17-6-3-5-16(7-8-17)12-14-4-9-18-12/h4,9-10H,2-3,5-8H2,1H3. The van der Waals surface area contributed by atoms with Gasteiger partial charge in [-0.1, -0.05) is 6.92 Å². The monoisotopic (exact) mass is 294 g/mol. The first-order chi connectivity index (χ1) is 9.36. The van der Waals surface area contributed by atoms with E-state index in [1.807, 2.05) is 11.6 Å². The Balaban J connectivity index is 1.67. The van der Waals surface area contributed by atoms with Crippen molar-refractivity contribution in [1.82, 2.24) is 9.97 Å². The topological polar surface area (TPSA) is 32.3 Å². The second-order valence-electron chi connectivity index (χ2n) is 4.62. The molecule has 0 atom stereocenters. The summed E-state index contributed by atoms with van der Waals surface area (Å²) >= 11 is 3.50. The smallest absolute Gasteiger partial charge is 0.185 e. The van der Waals surface area contributed by atoms with E-state index in [0.717, 1.165) is 37.7 Å². The summed E-state index contributed by atoms with van der Waals surface area (Å²) in [4.78, 5) is 13.9. The maximum Gasteiger partial charge on any atom is 0.185 e. The van der Waals surface area contributed by atoms with Gasteiger partial charge in [-0.05, 0) is 12.8 Å². The summed E-state index contributed by atoms with van der Waals surface area (Å²) in [7, 11) is 0. The molecule has 0 amide bonds. The number of rotatable bonds is 3. The van der Waals surface area contributed by atoms with Gasteiger partial charge < -0.3 is 9.80 Å². The minimum Gasteiger partial charge on any atom is -0.346 e. The van der Waals surface area contributed by atoms with Gasteiger partial charge in [-0.3, -0.25) is 0 Å². The second-order valence-corrected chi connectivity index (χ2v) is 6.33. The van der Waals surface area contributed by atoms with Crippen molar-refractivity contribution >= 4 is 32.9 Å². The van der Waals surface area contributed by atoms with Crippen molar-refractivity contribution in [3.05, 3.63) is 22.7 Å². The molecule has 1 aliphatic heterocycles. The fourth-order valence-corrected chi connectivity index (χ4v) is 3.94. The van der Waals surface area contributed by atoms with Crippen molar-refractivity contribution in [2.45, 2.75) is 19.8 Å². The summed E-state index contributed by atoms with van der Waals surface area (Å²) in [6.45, 7) is 6.42. The quantitative estimate of drug-likeness (QED) is 0.871. The van der Waals surface area contributed by atoms with Crippen LogP contribution in [0.5, 0.6) is 0 Å². The van der Waals surface area contributed by atoms with Crippen molar-refractivity contribution in [1.29, 1.82) is 0 Å². The summed E-state index contributed by atoms with van der Waals surface area (Å²) < 4.78 is 0. The van der Waals surface area contributed by atoms with E-state index < -0.39 is 0 Å². The maximum absolute atomic E-state index is 4.69. The van der Waals surface area contributed by atoms with Crippen molar-refractivity contribution < 1.29 is 0 Å². The molecule has 102 valence electrons. The Bertz CT molecular complexity index is 508. The molecule has 0 saturated carbocycles. The Morgan fingerprint density at radius 3 is 2.53 bits per heavy atom. The van der Waals surface area contributed by atoms with E-state index in [2.05, 4.69) is 27.1 Å². The summed E-state index contributed by atoms with van der Waals surface area (Å²) in [5.74, 6) is 0. The van der Waals surface area contributed by atoms with Gasteiger partial charge in [0.2, 0.25) is 0 Å². The molecule has 0 spiro atoms. The highest BCUT2D eigenvalue weighted by molar-refractivity contribution is 7.14. The number of hydrogen-bond acceptors (Lipinski definition) is 6. The third kappa shape index (κ3) is 2.90. The lowest BCUT2D eigenvalue weighted by molar-refractivity contribution is 0.801. The van der Waals surface area contributed by atoms with E-state index in [0.29, 0.717) is 0 Å². The molecule has 1 saturated heterocycles. The van der Waals surface area contributed by atoms with Gasteiger partial charge in [0.05, 0.1) is 5.69 Å². The van der Waals surface area contributed by atoms with Crippen molar-refractivity contribution in [3.63, 3.8) is 0 Å². The van der Waals surface area contributed by atoms with E-state index in [9.17, 15) is 0 Å². The average molecular weight is 294 g/mol. The summed E-state index contributed by atoms with van der Waals surface area (Å²) in [6, 6.07) is 0. The van der Waals surface area contributed by atoms with Crippen LogP contribution in [0.1, 0.15) is 19.0 Å². The molecular formula is C13H18N4S2. The Kier molecular flexibility index (Phi) is 3.98. The van der Waals surface area contributed by atoms with Crippen molar-refractivity contribution in [2.24, 2.45) is 0 Å². The Morgan fingerprint density at radius 1 is 1.11 bits per heavy atom. The molecule has 3 heterocycles. The lowest BCUT2D eigenvalue weighted by Crippen LogP contribution is -2.30. The van der Waals surface area contributed by atoms with Gasteiger partial charge in [0.1, 0.15) is 0 Å². The van der Waals surface area contributed by atoms with E-state index in [1.54, 1.807) is 22.7 Å². The molecule has 0 radical (unpaired) electrons. The predicted octanol–water partition coefficient (Wildman–Crippen LogP) is 2.88. The highest BCUT2D eigenvalue weighted by Gasteiger charge is 2.18.